The number of rotatable bonds is 4. The van der Waals surface area contributed by atoms with Crippen molar-refractivity contribution in [2.24, 2.45) is 11.7 Å². The number of aryl methyl sites for hydroxylation is 1. The maximum atomic E-state index is 6.23. The van der Waals surface area contributed by atoms with Crippen LogP contribution in [-0.4, -0.2) is 18.6 Å². The molecule has 0 spiro atoms. The van der Waals surface area contributed by atoms with E-state index in [1.165, 1.54) is 56.2 Å². The van der Waals surface area contributed by atoms with Crippen molar-refractivity contribution in [2.45, 2.75) is 57.4 Å². The van der Waals surface area contributed by atoms with Crippen LogP contribution in [-0.2, 0) is 6.42 Å². The molecular weight excluding hydrogens is 244 g/mol. The molecule has 0 radical (unpaired) electrons. The summed E-state index contributed by atoms with van der Waals surface area (Å²) in [5, 5.41) is 0. The van der Waals surface area contributed by atoms with Crippen LogP contribution < -0.4 is 10.6 Å². The highest BCUT2D eigenvalue weighted by Gasteiger charge is 2.36. The topological polar surface area (TPSA) is 29.3 Å². The van der Waals surface area contributed by atoms with Crippen molar-refractivity contribution in [3.8, 4) is 0 Å². The largest absolute Gasteiger partial charge is 0.365 e. The number of anilines is 1. The summed E-state index contributed by atoms with van der Waals surface area (Å²) < 4.78 is 0. The Bertz CT molecular complexity index is 452. The molecule has 1 aromatic carbocycles. The van der Waals surface area contributed by atoms with Crippen LogP contribution in [0.15, 0.2) is 24.3 Å². The highest BCUT2D eigenvalue weighted by Crippen LogP contribution is 2.39. The molecule has 1 heterocycles. The molecule has 0 saturated heterocycles. The van der Waals surface area contributed by atoms with Gasteiger partial charge in [-0.2, -0.15) is 0 Å². The van der Waals surface area contributed by atoms with E-state index < -0.39 is 0 Å². The van der Waals surface area contributed by atoms with Gasteiger partial charge in [0, 0.05) is 24.3 Å². The first-order chi connectivity index (χ1) is 9.73. The minimum Gasteiger partial charge on any atom is -0.365 e. The quantitative estimate of drug-likeness (QED) is 0.904. The molecule has 1 unspecified atom stereocenters. The van der Waals surface area contributed by atoms with Crippen molar-refractivity contribution in [3.05, 3.63) is 29.8 Å². The molecule has 1 atom stereocenters. The van der Waals surface area contributed by atoms with Gasteiger partial charge < -0.3 is 10.6 Å². The van der Waals surface area contributed by atoms with Crippen LogP contribution in [0.4, 0.5) is 5.69 Å². The zero-order valence-corrected chi connectivity index (χ0v) is 12.8. The van der Waals surface area contributed by atoms with Crippen LogP contribution in [0.1, 0.15) is 51.0 Å². The van der Waals surface area contributed by atoms with Crippen LogP contribution in [0, 0.1) is 5.92 Å². The molecule has 1 aliphatic carbocycles. The summed E-state index contributed by atoms with van der Waals surface area (Å²) in [4.78, 5) is 2.63. The minimum absolute atomic E-state index is 0.130. The van der Waals surface area contributed by atoms with Gasteiger partial charge >= 0.3 is 0 Å². The van der Waals surface area contributed by atoms with Gasteiger partial charge in [-0.1, -0.05) is 37.5 Å². The molecule has 2 N–H and O–H groups in total. The van der Waals surface area contributed by atoms with E-state index in [1.807, 2.05) is 0 Å². The first-order valence-electron chi connectivity index (χ1n) is 8.28. The summed E-state index contributed by atoms with van der Waals surface area (Å²) in [5.74, 6) is 0.902. The molecule has 2 aliphatic rings. The van der Waals surface area contributed by atoms with Crippen molar-refractivity contribution in [2.75, 3.05) is 18.0 Å². The molecule has 110 valence electrons. The average Bonchev–Trinajstić information content (AvgIpc) is 2.65. The average molecular weight is 272 g/mol. The number of para-hydroxylation sites is 1. The molecule has 1 aliphatic heterocycles. The van der Waals surface area contributed by atoms with E-state index in [1.54, 1.807) is 0 Å². The molecule has 2 heteroatoms. The predicted octanol–water partition coefficient (Wildman–Crippen LogP) is 3.74. The Kier molecular flexibility index (Phi) is 4.02. The number of hydrogen-bond donors (Lipinski definition) is 1. The zero-order valence-electron chi connectivity index (χ0n) is 12.8. The summed E-state index contributed by atoms with van der Waals surface area (Å²) in [6.07, 6.45) is 9.30. The fourth-order valence-electron chi connectivity index (χ4n) is 3.87. The van der Waals surface area contributed by atoms with Crippen molar-refractivity contribution >= 4 is 5.69 Å². The van der Waals surface area contributed by atoms with Gasteiger partial charge in [0.1, 0.15) is 0 Å². The second-order valence-corrected chi connectivity index (χ2v) is 6.94. The van der Waals surface area contributed by atoms with Crippen LogP contribution in [0.25, 0.3) is 0 Å². The lowest BCUT2D eigenvalue weighted by atomic mass is 9.75. The highest BCUT2D eigenvalue weighted by atomic mass is 15.2. The fourth-order valence-corrected chi connectivity index (χ4v) is 3.87. The second kappa shape index (κ2) is 5.77. The van der Waals surface area contributed by atoms with Gasteiger partial charge in [0.15, 0.2) is 0 Å². The van der Waals surface area contributed by atoms with E-state index in [2.05, 4.69) is 36.1 Å². The normalized spacial score (nSPS) is 22.6. The summed E-state index contributed by atoms with van der Waals surface area (Å²) in [6, 6.07) is 8.95. The van der Waals surface area contributed by atoms with Crippen LogP contribution >= 0.6 is 0 Å². The van der Waals surface area contributed by atoms with E-state index in [4.69, 9.17) is 5.73 Å². The molecule has 1 aromatic rings. The predicted molar refractivity (Wildman–Crippen MR) is 86.1 cm³/mol. The maximum absolute atomic E-state index is 6.23. The Balaban J connectivity index is 1.89. The van der Waals surface area contributed by atoms with Crippen LogP contribution in [0.5, 0.6) is 0 Å². The van der Waals surface area contributed by atoms with Crippen molar-refractivity contribution in [1.82, 2.24) is 0 Å². The van der Waals surface area contributed by atoms with E-state index in [-0.39, 0.29) is 5.54 Å². The van der Waals surface area contributed by atoms with E-state index in [0.717, 1.165) is 19.0 Å². The summed E-state index contributed by atoms with van der Waals surface area (Å²) in [7, 11) is 0. The SMILES string of the molecule is CC(CN)(CC1CCC1)N1CCCCc2ccccc21. The smallest absolute Gasteiger partial charge is 0.0498 e. The van der Waals surface area contributed by atoms with Gasteiger partial charge in [-0.05, 0) is 50.2 Å². The first kappa shape index (κ1) is 13.9. The van der Waals surface area contributed by atoms with Gasteiger partial charge in [0.05, 0.1) is 0 Å². The fraction of sp³-hybridized carbons (Fsp3) is 0.667. The standard InChI is InChI=1S/C18H28N2/c1-18(14-19,13-15-7-6-8-15)20-12-5-4-10-16-9-2-3-11-17(16)20/h2-3,9,11,15H,4-8,10,12-14,19H2,1H3. The maximum Gasteiger partial charge on any atom is 0.0498 e. The van der Waals surface area contributed by atoms with Gasteiger partial charge in [-0.15, -0.1) is 0 Å². The molecule has 0 amide bonds. The van der Waals surface area contributed by atoms with Gasteiger partial charge in [-0.25, -0.2) is 0 Å². The number of nitrogens with zero attached hydrogens (tertiary/aromatic N) is 1. The lowest BCUT2D eigenvalue weighted by Crippen LogP contribution is -2.54. The molecule has 0 aromatic heterocycles. The minimum atomic E-state index is 0.130. The second-order valence-electron chi connectivity index (χ2n) is 6.94. The van der Waals surface area contributed by atoms with E-state index >= 15 is 0 Å². The summed E-state index contributed by atoms with van der Waals surface area (Å²) in [6.45, 7) is 4.31. The van der Waals surface area contributed by atoms with E-state index in [0.29, 0.717) is 0 Å². The lowest BCUT2D eigenvalue weighted by Gasteiger charge is -2.46. The summed E-state index contributed by atoms with van der Waals surface area (Å²) >= 11 is 0. The highest BCUT2D eigenvalue weighted by molar-refractivity contribution is 5.56. The third-order valence-corrected chi connectivity index (χ3v) is 5.40. The Labute approximate surface area is 123 Å². The molecule has 0 bridgehead atoms. The zero-order chi connectivity index (χ0) is 14.0. The van der Waals surface area contributed by atoms with Crippen LogP contribution in [0.3, 0.4) is 0 Å². The lowest BCUT2D eigenvalue weighted by molar-refractivity contribution is 0.228. The number of hydrogen-bond acceptors (Lipinski definition) is 2. The number of fused-ring (bicyclic) bond motifs is 1. The summed E-state index contributed by atoms with van der Waals surface area (Å²) in [5.41, 5.74) is 9.32. The number of nitrogens with two attached hydrogens (primary N) is 1. The Morgan fingerprint density at radius 1 is 1.20 bits per heavy atom. The molecule has 20 heavy (non-hydrogen) atoms. The Morgan fingerprint density at radius 2 is 2.00 bits per heavy atom. The third kappa shape index (κ3) is 2.58. The van der Waals surface area contributed by atoms with Crippen molar-refractivity contribution in [1.29, 1.82) is 0 Å². The molecular formula is C18H28N2. The third-order valence-electron chi connectivity index (χ3n) is 5.40. The molecule has 1 fully saturated rings. The molecule has 2 nitrogen and oxygen atoms in total. The van der Waals surface area contributed by atoms with Crippen molar-refractivity contribution < 1.29 is 0 Å². The van der Waals surface area contributed by atoms with E-state index in [9.17, 15) is 0 Å². The van der Waals surface area contributed by atoms with Crippen LogP contribution in [0.2, 0.25) is 0 Å². The van der Waals surface area contributed by atoms with Gasteiger partial charge in [-0.3, -0.25) is 0 Å². The number of benzene rings is 1. The van der Waals surface area contributed by atoms with Gasteiger partial charge in [0.2, 0.25) is 0 Å². The molecule has 3 rings (SSSR count). The van der Waals surface area contributed by atoms with Crippen molar-refractivity contribution in [3.63, 3.8) is 0 Å². The molecule has 1 saturated carbocycles. The monoisotopic (exact) mass is 272 g/mol. The Morgan fingerprint density at radius 3 is 2.70 bits per heavy atom. The Hall–Kier alpha value is -1.02. The first-order valence-corrected chi connectivity index (χ1v) is 8.28. The van der Waals surface area contributed by atoms with Gasteiger partial charge in [0.25, 0.3) is 0 Å².